The van der Waals surface area contributed by atoms with E-state index in [1.807, 2.05) is 20.8 Å². The minimum atomic E-state index is 0.781. The summed E-state index contributed by atoms with van der Waals surface area (Å²) in [6.07, 6.45) is 2.76. The fourth-order valence-corrected chi connectivity index (χ4v) is 1.16. The van der Waals surface area contributed by atoms with Gasteiger partial charge in [-0.15, -0.1) is 0 Å². The largest absolute Gasteiger partial charge is 0.382 e. The molecule has 0 atom stereocenters. The molecule has 0 bridgehead atoms. The third-order valence-corrected chi connectivity index (χ3v) is 2.17. The lowest BCUT2D eigenvalue weighted by Gasteiger charge is -2.06. The topological polar surface area (TPSA) is 47.0 Å². The first-order valence-electron chi connectivity index (χ1n) is 5.36. The zero-order valence-electron chi connectivity index (χ0n) is 9.71. The van der Waals surface area contributed by atoms with Crippen LogP contribution in [0.3, 0.4) is 0 Å². The van der Waals surface area contributed by atoms with E-state index in [1.54, 1.807) is 6.20 Å². The van der Waals surface area contributed by atoms with Crippen LogP contribution in [0.1, 0.15) is 24.7 Å². The van der Waals surface area contributed by atoms with Crippen molar-refractivity contribution in [1.29, 1.82) is 0 Å². The van der Waals surface area contributed by atoms with E-state index in [0.29, 0.717) is 0 Å². The van der Waals surface area contributed by atoms with Crippen molar-refractivity contribution in [3.05, 3.63) is 17.6 Å². The molecule has 0 saturated heterocycles. The summed E-state index contributed by atoms with van der Waals surface area (Å²) in [4.78, 5) is 8.61. The normalized spacial score (nSPS) is 10.3. The van der Waals surface area contributed by atoms with Gasteiger partial charge in [0, 0.05) is 19.8 Å². The number of rotatable bonds is 6. The van der Waals surface area contributed by atoms with Crippen LogP contribution in [0.5, 0.6) is 0 Å². The standard InChI is InChI=1S/C11H19N3O/c1-4-15-7-5-6-12-11-8-13-9(2)10(3)14-11/h8H,4-7H2,1-3H3,(H,12,14). The molecule has 1 heterocycles. The maximum absolute atomic E-state index is 5.24. The third-order valence-electron chi connectivity index (χ3n) is 2.17. The molecule has 1 aromatic heterocycles. The molecule has 4 nitrogen and oxygen atoms in total. The van der Waals surface area contributed by atoms with E-state index < -0.39 is 0 Å². The van der Waals surface area contributed by atoms with Crippen LogP contribution >= 0.6 is 0 Å². The van der Waals surface area contributed by atoms with Crippen molar-refractivity contribution in [2.24, 2.45) is 0 Å². The molecule has 0 aliphatic carbocycles. The van der Waals surface area contributed by atoms with Crippen LogP contribution in [0.4, 0.5) is 5.82 Å². The van der Waals surface area contributed by atoms with E-state index >= 15 is 0 Å². The van der Waals surface area contributed by atoms with Gasteiger partial charge in [-0.25, -0.2) is 4.98 Å². The highest BCUT2D eigenvalue weighted by molar-refractivity contribution is 5.32. The Kier molecular flexibility index (Phi) is 5.04. The van der Waals surface area contributed by atoms with Gasteiger partial charge < -0.3 is 10.1 Å². The van der Waals surface area contributed by atoms with Gasteiger partial charge in [0.25, 0.3) is 0 Å². The van der Waals surface area contributed by atoms with Crippen molar-refractivity contribution in [3.8, 4) is 0 Å². The zero-order valence-corrected chi connectivity index (χ0v) is 9.71. The number of hydrogen-bond acceptors (Lipinski definition) is 4. The van der Waals surface area contributed by atoms with E-state index in [4.69, 9.17) is 4.74 Å². The van der Waals surface area contributed by atoms with E-state index in [0.717, 1.165) is 43.4 Å². The number of nitrogens with one attached hydrogen (secondary N) is 1. The summed E-state index contributed by atoms with van der Waals surface area (Å²) in [5.74, 6) is 0.842. The zero-order chi connectivity index (χ0) is 11.1. The average molecular weight is 209 g/mol. The van der Waals surface area contributed by atoms with Crippen LogP contribution < -0.4 is 5.32 Å². The summed E-state index contributed by atoms with van der Waals surface area (Å²) in [7, 11) is 0. The summed E-state index contributed by atoms with van der Waals surface area (Å²) in [6.45, 7) is 8.37. The maximum Gasteiger partial charge on any atom is 0.144 e. The summed E-state index contributed by atoms with van der Waals surface area (Å²) in [5, 5.41) is 3.22. The van der Waals surface area contributed by atoms with E-state index in [1.165, 1.54) is 0 Å². The van der Waals surface area contributed by atoms with Gasteiger partial charge in [0.2, 0.25) is 0 Å². The van der Waals surface area contributed by atoms with Crippen LogP contribution in [0.25, 0.3) is 0 Å². The van der Waals surface area contributed by atoms with Gasteiger partial charge in [0.05, 0.1) is 17.6 Å². The average Bonchev–Trinajstić information content (AvgIpc) is 2.23. The quantitative estimate of drug-likeness (QED) is 0.727. The first kappa shape index (κ1) is 11.9. The Hall–Kier alpha value is -1.16. The highest BCUT2D eigenvalue weighted by Crippen LogP contribution is 2.05. The molecule has 0 aromatic carbocycles. The van der Waals surface area contributed by atoms with Crippen LogP contribution in [0.15, 0.2) is 6.20 Å². The Bertz CT molecular complexity index is 302. The van der Waals surface area contributed by atoms with Crippen LogP contribution in [0.2, 0.25) is 0 Å². The second kappa shape index (κ2) is 6.35. The molecule has 0 radical (unpaired) electrons. The Morgan fingerprint density at radius 1 is 1.33 bits per heavy atom. The van der Waals surface area contributed by atoms with Gasteiger partial charge in [0.1, 0.15) is 5.82 Å². The summed E-state index contributed by atoms with van der Waals surface area (Å²) in [6, 6.07) is 0. The number of aryl methyl sites for hydroxylation is 2. The van der Waals surface area contributed by atoms with Gasteiger partial charge in [-0.1, -0.05) is 0 Å². The van der Waals surface area contributed by atoms with Gasteiger partial charge >= 0.3 is 0 Å². The Morgan fingerprint density at radius 2 is 2.13 bits per heavy atom. The molecular weight excluding hydrogens is 190 g/mol. The van der Waals surface area contributed by atoms with Gasteiger partial charge in [-0.05, 0) is 27.2 Å². The summed E-state index contributed by atoms with van der Waals surface area (Å²) < 4.78 is 5.24. The smallest absolute Gasteiger partial charge is 0.144 e. The predicted molar refractivity (Wildman–Crippen MR) is 61.1 cm³/mol. The second-order valence-electron chi connectivity index (χ2n) is 3.40. The van der Waals surface area contributed by atoms with Gasteiger partial charge in [-0.2, -0.15) is 0 Å². The minimum Gasteiger partial charge on any atom is -0.382 e. The van der Waals surface area contributed by atoms with Crippen LogP contribution in [-0.2, 0) is 4.74 Å². The highest BCUT2D eigenvalue weighted by Gasteiger charge is 1.98. The van der Waals surface area contributed by atoms with Crippen molar-refractivity contribution in [1.82, 2.24) is 9.97 Å². The van der Waals surface area contributed by atoms with Gasteiger partial charge in [0.15, 0.2) is 0 Å². The molecule has 4 heteroatoms. The van der Waals surface area contributed by atoms with E-state index in [-0.39, 0.29) is 0 Å². The fraction of sp³-hybridized carbons (Fsp3) is 0.636. The molecule has 1 N–H and O–H groups in total. The molecule has 0 fully saturated rings. The number of ether oxygens (including phenoxy) is 1. The van der Waals surface area contributed by atoms with E-state index in [2.05, 4.69) is 15.3 Å². The predicted octanol–water partition coefficient (Wildman–Crippen LogP) is 1.93. The van der Waals surface area contributed by atoms with Crippen molar-refractivity contribution in [3.63, 3.8) is 0 Å². The Labute approximate surface area is 91.1 Å². The summed E-state index contributed by atoms with van der Waals surface area (Å²) in [5.41, 5.74) is 1.96. The van der Waals surface area contributed by atoms with Gasteiger partial charge in [-0.3, -0.25) is 4.98 Å². The lowest BCUT2D eigenvalue weighted by Crippen LogP contribution is -2.08. The first-order chi connectivity index (χ1) is 7.24. The SMILES string of the molecule is CCOCCCNc1cnc(C)c(C)n1. The molecule has 0 aliphatic rings. The molecule has 0 spiro atoms. The fourth-order valence-electron chi connectivity index (χ4n) is 1.16. The molecule has 1 aromatic rings. The first-order valence-corrected chi connectivity index (χ1v) is 5.36. The van der Waals surface area contributed by atoms with Crippen LogP contribution in [-0.4, -0.2) is 29.7 Å². The molecular formula is C11H19N3O. The van der Waals surface area contributed by atoms with Crippen molar-refractivity contribution >= 4 is 5.82 Å². The molecule has 15 heavy (non-hydrogen) atoms. The minimum absolute atomic E-state index is 0.781. The molecule has 0 unspecified atom stereocenters. The Balaban J connectivity index is 2.28. The van der Waals surface area contributed by atoms with E-state index in [9.17, 15) is 0 Å². The molecule has 0 saturated carbocycles. The maximum atomic E-state index is 5.24. The van der Waals surface area contributed by atoms with Crippen LogP contribution in [0, 0.1) is 13.8 Å². The highest BCUT2D eigenvalue weighted by atomic mass is 16.5. The van der Waals surface area contributed by atoms with Crippen molar-refractivity contribution < 1.29 is 4.74 Å². The lowest BCUT2D eigenvalue weighted by molar-refractivity contribution is 0.147. The molecule has 0 aliphatic heterocycles. The number of aromatic nitrogens is 2. The second-order valence-corrected chi connectivity index (χ2v) is 3.40. The van der Waals surface area contributed by atoms with Crippen molar-refractivity contribution in [2.45, 2.75) is 27.2 Å². The number of nitrogens with zero attached hydrogens (tertiary/aromatic N) is 2. The molecule has 84 valence electrons. The monoisotopic (exact) mass is 209 g/mol. The van der Waals surface area contributed by atoms with Crippen molar-refractivity contribution in [2.75, 3.05) is 25.1 Å². The molecule has 0 amide bonds. The number of hydrogen-bond donors (Lipinski definition) is 1. The molecule has 1 rings (SSSR count). The number of anilines is 1. The third kappa shape index (κ3) is 4.25. The Morgan fingerprint density at radius 3 is 2.80 bits per heavy atom. The summed E-state index contributed by atoms with van der Waals surface area (Å²) >= 11 is 0. The lowest BCUT2D eigenvalue weighted by atomic mass is 10.3.